The minimum absolute atomic E-state index is 0.191. The van der Waals surface area contributed by atoms with Gasteiger partial charge in [0.15, 0.2) is 0 Å². The maximum atomic E-state index is 12.4. The van der Waals surface area contributed by atoms with Crippen LogP contribution in [0.25, 0.3) is 0 Å². The minimum Gasteiger partial charge on any atom is -0.481 e. The van der Waals surface area contributed by atoms with Gasteiger partial charge in [0.25, 0.3) is 5.91 Å². The van der Waals surface area contributed by atoms with E-state index in [4.69, 9.17) is 16.7 Å². The Labute approximate surface area is 116 Å². The van der Waals surface area contributed by atoms with E-state index in [1.54, 1.807) is 24.8 Å². The topological polar surface area (TPSA) is 70.5 Å². The van der Waals surface area contributed by atoms with Gasteiger partial charge in [-0.15, -0.1) is 0 Å². The van der Waals surface area contributed by atoms with Gasteiger partial charge in [-0.3, -0.25) is 9.59 Å². The highest BCUT2D eigenvalue weighted by Gasteiger charge is 2.38. The number of pyridine rings is 1. The van der Waals surface area contributed by atoms with E-state index in [0.29, 0.717) is 24.2 Å². The van der Waals surface area contributed by atoms with Crippen LogP contribution in [0.2, 0.25) is 5.15 Å². The Morgan fingerprint density at radius 2 is 2.16 bits per heavy atom. The second-order valence-corrected chi connectivity index (χ2v) is 5.18. The summed E-state index contributed by atoms with van der Waals surface area (Å²) in [5.74, 6) is -1.54. The molecule has 0 aliphatic carbocycles. The molecule has 1 aromatic rings. The van der Waals surface area contributed by atoms with Gasteiger partial charge < -0.3 is 10.0 Å². The molecule has 102 valence electrons. The number of likely N-dealkylation sites (tertiary alicyclic amines) is 1. The SMILES string of the molecule is Cc1cc(C(=O)N2CCC(C(=O)O)C2C)cc(Cl)n1. The molecule has 1 N–H and O–H groups in total. The number of amides is 1. The van der Waals surface area contributed by atoms with Crippen LogP contribution >= 0.6 is 11.6 Å². The summed E-state index contributed by atoms with van der Waals surface area (Å²) in [5.41, 5.74) is 1.12. The summed E-state index contributed by atoms with van der Waals surface area (Å²) >= 11 is 5.84. The summed E-state index contributed by atoms with van der Waals surface area (Å²) in [6.45, 7) is 3.98. The standard InChI is InChI=1S/C13H15ClN2O3/c1-7-5-9(6-11(14)15-7)12(17)16-4-3-10(8(16)2)13(18)19/h5-6,8,10H,3-4H2,1-2H3,(H,18,19). The lowest BCUT2D eigenvalue weighted by Crippen LogP contribution is -2.37. The van der Waals surface area contributed by atoms with E-state index >= 15 is 0 Å². The second kappa shape index (κ2) is 5.17. The van der Waals surface area contributed by atoms with Gasteiger partial charge in [-0.25, -0.2) is 4.98 Å². The van der Waals surface area contributed by atoms with Crippen molar-refractivity contribution in [2.45, 2.75) is 26.3 Å². The van der Waals surface area contributed by atoms with Crippen LogP contribution in [0.1, 0.15) is 29.4 Å². The minimum atomic E-state index is -0.855. The number of aromatic nitrogens is 1. The predicted octanol–water partition coefficient (Wildman–Crippen LogP) is 1.98. The Hall–Kier alpha value is -1.62. The van der Waals surface area contributed by atoms with Gasteiger partial charge in [-0.1, -0.05) is 11.6 Å². The van der Waals surface area contributed by atoms with Gasteiger partial charge in [-0.05, 0) is 32.4 Å². The zero-order valence-electron chi connectivity index (χ0n) is 10.8. The molecule has 0 bridgehead atoms. The van der Waals surface area contributed by atoms with Crippen LogP contribution in [0.5, 0.6) is 0 Å². The summed E-state index contributed by atoms with van der Waals surface area (Å²) in [5, 5.41) is 9.34. The van der Waals surface area contributed by atoms with Crippen LogP contribution in [-0.2, 0) is 4.79 Å². The molecule has 1 amide bonds. The van der Waals surface area contributed by atoms with E-state index in [-0.39, 0.29) is 17.1 Å². The highest BCUT2D eigenvalue weighted by atomic mass is 35.5. The fraction of sp³-hybridized carbons (Fsp3) is 0.462. The van der Waals surface area contributed by atoms with Crippen LogP contribution in [0.4, 0.5) is 0 Å². The molecule has 0 saturated carbocycles. The zero-order valence-corrected chi connectivity index (χ0v) is 11.5. The van der Waals surface area contributed by atoms with Crippen LogP contribution in [0, 0.1) is 12.8 Å². The lowest BCUT2D eigenvalue weighted by Gasteiger charge is -2.23. The average molecular weight is 283 g/mol. The van der Waals surface area contributed by atoms with Crippen molar-refractivity contribution < 1.29 is 14.7 Å². The third-order valence-electron chi connectivity index (χ3n) is 3.50. The molecular weight excluding hydrogens is 268 g/mol. The molecule has 0 aromatic carbocycles. The molecular formula is C13H15ClN2O3. The van der Waals surface area contributed by atoms with Crippen molar-refractivity contribution in [3.05, 3.63) is 28.5 Å². The Bertz CT molecular complexity index is 512. The van der Waals surface area contributed by atoms with Crippen molar-refractivity contribution in [2.24, 2.45) is 5.92 Å². The number of hydrogen-bond acceptors (Lipinski definition) is 3. The van der Waals surface area contributed by atoms with Crippen molar-refractivity contribution in [1.29, 1.82) is 0 Å². The molecule has 5 nitrogen and oxygen atoms in total. The molecule has 2 rings (SSSR count). The summed E-state index contributed by atoms with van der Waals surface area (Å²) in [4.78, 5) is 29.0. The molecule has 19 heavy (non-hydrogen) atoms. The molecule has 2 heterocycles. The number of carboxylic acid groups (broad SMARTS) is 1. The number of hydrogen-bond donors (Lipinski definition) is 1. The number of halogens is 1. The summed E-state index contributed by atoms with van der Waals surface area (Å²) in [7, 11) is 0. The highest BCUT2D eigenvalue weighted by Crippen LogP contribution is 2.26. The number of carboxylic acids is 1. The third kappa shape index (κ3) is 2.71. The smallest absolute Gasteiger partial charge is 0.308 e. The monoisotopic (exact) mass is 282 g/mol. The number of nitrogens with zero attached hydrogens (tertiary/aromatic N) is 2. The quantitative estimate of drug-likeness (QED) is 0.842. The number of rotatable bonds is 2. The molecule has 1 aliphatic rings. The number of aryl methyl sites for hydroxylation is 1. The number of carbonyl (C=O) groups excluding carboxylic acids is 1. The Balaban J connectivity index is 2.23. The summed E-state index contributed by atoms with van der Waals surface area (Å²) < 4.78 is 0. The fourth-order valence-corrected chi connectivity index (χ4v) is 2.72. The number of aliphatic carboxylic acids is 1. The molecule has 6 heteroatoms. The number of carbonyl (C=O) groups is 2. The first-order valence-electron chi connectivity index (χ1n) is 6.08. The lowest BCUT2D eigenvalue weighted by atomic mass is 10.0. The van der Waals surface area contributed by atoms with Crippen molar-refractivity contribution in [3.8, 4) is 0 Å². The first kappa shape index (κ1) is 13.8. The average Bonchev–Trinajstić information content (AvgIpc) is 2.69. The predicted molar refractivity (Wildman–Crippen MR) is 70.2 cm³/mol. The van der Waals surface area contributed by atoms with Gasteiger partial charge in [-0.2, -0.15) is 0 Å². The summed E-state index contributed by atoms with van der Waals surface area (Å²) in [6, 6.07) is 2.87. The van der Waals surface area contributed by atoms with E-state index in [2.05, 4.69) is 4.98 Å². The molecule has 0 spiro atoms. The molecule has 1 aliphatic heterocycles. The maximum absolute atomic E-state index is 12.4. The fourth-order valence-electron chi connectivity index (χ4n) is 2.47. The molecule has 2 unspecified atom stereocenters. The molecule has 1 aromatic heterocycles. The first-order chi connectivity index (χ1) is 8.90. The lowest BCUT2D eigenvalue weighted by molar-refractivity contribution is -0.142. The van der Waals surface area contributed by atoms with Gasteiger partial charge in [0.05, 0.1) is 5.92 Å². The van der Waals surface area contributed by atoms with Crippen molar-refractivity contribution in [3.63, 3.8) is 0 Å². The van der Waals surface area contributed by atoms with Gasteiger partial charge in [0.2, 0.25) is 0 Å². The Morgan fingerprint density at radius 1 is 1.47 bits per heavy atom. The molecule has 1 saturated heterocycles. The van der Waals surface area contributed by atoms with Crippen molar-refractivity contribution >= 4 is 23.5 Å². The van der Waals surface area contributed by atoms with E-state index in [1.807, 2.05) is 0 Å². The van der Waals surface area contributed by atoms with Crippen molar-refractivity contribution in [1.82, 2.24) is 9.88 Å². The van der Waals surface area contributed by atoms with E-state index in [1.165, 1.54) is 6.07 Å². The summed E-state index contributed by atoms with van der Waals surface area (Å²) in [6.07, 6.45) is 0.486. The largest absolute Gasteiger partial charge is 0.481 e. The molecule has 2 atom stereocenters. The molecule has 0 radical (unpaired) electrons. The van der Waals surface area contributed by atoms with E-state index < -0.39 is 11.9 Å². The first-order valence-corrected chi connectivity index (χ1v) is 6.46. The van der Waals surface area contributed by atoms with Gasteiger partial charge >= 0.3 is 5.97 Å². The maximum Gasteiger partial charge on any atom is 0.308 e. The van der Waals surface area contributed by atoms with Crippen LogP contribution in [0.3, 0.4) is 0 Å². The van der Waals surface area contributed by atoms with Crippen LogP contribution in [-0.4, -0.2) is 39.5 Å². The highest BCUT2D eigenvalue weighted by molar-refractivity contribution is 6.29. The third-order valence-corrected chi connectivity index (χ3v) is 3.70. The van der Waals surface area contributed by atoms with E-state index in [9.17, 15) is 9.59 Å². The zero-order chi connectivity index (χ0) is 14.2. The normalized spacial score (nSPS) is 22.6. The Kier molecular flexibility index (Phi) is 3.75. The van der Waals surface area contributed by atoms with Crippen LogP contribution in [0.15, 0.2) is 12.1 Å². The van der Waals surface area contributed by atoms with Crippen LogP contribution < -0.4 is 0 Å². The molecule has 1 fully saturated rings. The van der Waals surface area contributed by atoms with Gasteiger partial charge in [0, 0.05) is 23.8 Å². The Morgan fingerprint density at radius 3 is 2.68 bits per heavy atom. The second-order valence-electron chi connectivity index (χ2n) is 4.79. The van der Waals surface area contributed by atoms with Gasteiger partial charge in [0.1, 0.15) is 5.15 Å². The van der Waals surface area contributed by atoms with Crippen molar-refractivity contribution in [2.75, 3.05) is 6.54 Å². The van der Waals surface area contributed by atoms with E-state index in [0.717, 1.165) is 0 Å².